The molecule has 4 heteroatoms. The first-order valence-corrected chi connectivity index (χ1v) is 7.51. The van der Waals surface area contributed by atoms with Crippen LogP contribution in [0.2, 0.25) is 0 Å². The molecule has 0 saturated carbocycles. The first kappa shape index (κ1) is 14.8. The fourth-order valence-electron chi connectivity index (χ4n) is 2.60. The van der Waals surface area contributed by atoms with E-state index in [1.54, 1.807) is 0 Å². The van der Waals surface area contributed by atoms with Gasteiger partial charge in [0.05, 0.1) is 18.0 Å². The number of nitrogens with one attached hydrogen (secondary N) is 1. The van der Waals surface area contributed by atoms with Crippen molar-refractivity contribution in [2.45, 2.75) is 26.5 Å². The van der Waals surface area contributed by atoms with Gasteiger partial charge in [-0.05, 0) is 31.0 Å². The van der Waals surface area contributed by atoms with Crippen molar-refractivity contribution in [3.8, 4) is 0 Å². The lowest BCUT2D eigenvalue weighted by Crippen LogP contribution is -2.21. The lowest BCUT2D eigenvalue weighted by Gasteiger charge is -2.13. The Morgan fingerprint density at radius 2 is 2.05 bits per heavy atom. The summed E-state index contributed by atoms with van der Waals surface area (Å²) in [6, 6.07) is 12.0. The Morgan fingerprint density at radius 3 is 2.86 bits per heavy atom. The number of aliphatic hydroxyl groups is 1. The fraction of sp³-hybridized carbons (Fsp3) is 0.278. The quantitative estimate of drug-likeness (QED) is 0.761. The van der Waals surface area contributed by atoms with Crippen molar-refractivity contribution < 1.29 is 5.11 Å². The number of pyridine rings is 1. The molecule has 1 aromatic carbocycles. The molecule has 0 fully saturated rings. The van der Waals surface area contributed by atoms with Crippen LogP contribution in [-0.2, 0) is 6.54 Å². The van der Waals surface area contributed by atoms with Gasteiger partial charge >= 0.3 is 0 Å². The number of hydrogen-bond donors (Lipinski definition) is 2. The van der Waals surface area contributed by atoms with Crippen molar-refractivity contribution >= 4 is 5.65 Å². The third-order valence-corrected chi connectivity index (χ3v) is 3.80. The van der Waals surface area contributed by atoms with Gasteiger partial charge in [0.25, 0.3) is 0 Å². The van der Waals surface area contributed by atoms with E-state index < -0.39 is 6.10 Å². The van der Waals surface area contributed by atoms with Crippen LogP contribution in [0.25, 0.3) is 5.65 Å². The van der Waals surface area contributed by atoms with Gasteiger partial charge in [0, 0.05) is 19.3 Å². The summed E-state index contributed by atoms with van der Waals surface area (Å²) in [5.41, 5.74) is 5.35. The summed E-state index contributed by atoms with van der Waals surface area (Å²) in [4.78, 5) is 4.39. The number of hydrogen-bond acceptors (Lipinski definition) is 3. The standard InChI is InChI=1S/C18H21N3O/c1-13-4-3-5-15(8-13)17(22)11-19-9-16-10-20-18-7-6-14(2)12-21(16)18/h3-8,10,12,17,19,22H,9,11H2,1-2H3. The minimum Gasteiger partial charge on any atom is -0.387 e. The summed E-state index contributed by atoms with van der Waals surface area (Å²) < 4.78 is 2.08. The van der Waals surface area contributed by atoms with E-state index in [-0.39, 0.29) is 0 Å². The van der Waals surface area contributed by atoms with Gasteiger partial charge < -0.3 is 14.8 Å². The molecule has 1 unspecified atom stereocenters. The minimum atomic E-state index is -0.499. The van der Waals surface area contributed by atoms with Gasteiger partial charge in [0.2, 0.25) is 0 Å². The van der Waals surface area contributed by atoms with Gasteiger partial charge in [0.15, 0.2) is 0 Å². The fourth-order valence-corrected chi connectivity index (χ4v) is 2.60. The molecule has 0 aliphatic heterocycles. The molecule has 4 nitrogen and oxygen atoms in total. The number of aliphatic hydroxyl groups excluding tert-OH is 1. The van der Waals surface area contributed by atoms with Crippen LogP contribution in [0.3, 0.4) is 0 Å². The Balaban J connectivity index is 1.63. The average Bonchev–Trinajstić information content (AvgIpc) is 2.89. The highest BCUT2D eigenvalue weighted by molar-refractivity contribution is 5.41. The molecule has 1 atom stereocenters. The summed E-state index contributed by atoms with van der Waals surface area (Å²) in [6.45, 7) is 5.29. The number of nitrogens with zero attached hydrogens (tertiary/aromatic N) is 2. The highest BCUT2D eigenvalue weighted by Gasteiger charge is 2.08. The molecule has 2 heterocycles. The van der Waals surface area contributed by atoms with Gasteiger partial charge in [-0.25, -0.2) is 4.98 Å². The normalized spacial score (nSPS) is 12.7. The molecule has 0 saturated heterocycles. The number of aryl methyl sites for hydroxylation is 2. The maximum absolute atomic E-state index is 10.2. The smallest absolute Gasteiger partial charge is 0.136 e. The van der Waals surface area contributed by atoms with Gasteiger partial charge in [-0.3, -0.25) is 0 Å². The van der Waals surface area contributed by atoms with E-state index in [1.807, 2.05) is 43.5 Å². The first-order chi connectivity index (χ1) is 10.6. The van der Waals surface area contributed by atoms with Crippen molar-refractivity contribution in [3.05, 3.63) is 71.2 Å². The van der Waals surface area contributed by atoms with Gasteiger partial charge in [-0.2, -0.15) is 0 Å². The van der Waals surface area contributed by atoms with Crippen LogP contribution in [0.5, 0.6) is 0 Å². The summed E-state index contributed by atoms with van der Waals surface area (Å²) >= 11 is 0. The number of imidazole rings is 1. The molecule has 22 heavy (non-hydrogen) atoms. The SMILES string of the molecule is Cc1cccc(C(O)CNCc2cnc3ccc(C)cn23)c1. The molecule has 2 aromatic heterocycles. The Kier molecular flexibility index (Phi) is 4.22. The Morgan fingerprint density at radius 1 is 1.18 bits per heavy atom. The van der Waals surface area contributed by atoms with Crippen LogP contribution in [0, 0.1) is 13.8 Å². The topological polar surface area (TPSA) is 49.6 Å². The Hall–Kier alpha value is -2.17. The molecule has 2 N–H and O–H groups in total. The largest absolute Gasteiger partial charge is 0.387 e. The van der Waals surface area contributed by atoms with Crippen molar-refractivity contribution in [1.29, 1.82) is 0 Å². The van der Waals surface area contributed by atoms with E-state index in [2.05, 4.69) is 33.9 Å². The number of fused-ring (bicyclic) bond motifs is 1. The third-order valence-electron chi connectivity index (χ3n) is 3.80. The Labute approximate surface area is 130 Å². The highest BCUT2D eigenvalue weighted by atomic mass is 16.3. The van der Waals surface area contributed by atoms with E-state index in [0.717, 1.165) is 22.5 Å². The summed E-state index contributed by atoms with van der Waals surface area (Å²) in [6.07, 6.45) is 3.46. The zero-order valence-electron chi connectivity index (χ0n) is 13.0. The highest BCUT2D eigenvalue weighted by Crippen LogP contribution is 2.14. The van der Waals surface area contributed by atoms with Crippen molar-refractivity contribution in [1.82, 2.24) is 14.7 Å². The van der Waals surface area contributed by atoms with E-state index >= 15 is 0 Å². The zero-order valence-corrected chi connectivity index (χ0v) is 13.0. The molecular formula is C18H21N3O. The summed E-state index contributed by atoms with van der Waals surface area (Å²) in [5, 5.41) is 13.6. The zero-order chi connectivity index (χ0) is 15.5. The molecule has 3 aromatic rings. The second-order valence-corrected chi connectivity index (χ2v) is 5.75. The Bertz CT molecular complexity index is 779. The van der Waals surface area contributed by atoms with Crippen LogP contribution < -0.4 is 5.32 Å². The van der Waals surface area contributed by atoms with Crippen LogP contribution >= 0.6 is 0 Å². The second kappa shape index (κ2) is 6.30. The maximum Gasteiger partial charge on any atom is 0.136 e. The van der Waals surface area contributed by atoms with Gasteiger partial charge in [-0.1, -0.05) is 35.9 Å². The molecule has 0 amide bonds. The van der Waals surface area contributed by atoms with E-state index in [1.165, 1.54) is 5.56 Å². The summed E-state index contributed by atoms with van der Waals surface area (Å²) in [5.74, 6) is 0. The molecule has 0 bridgehead atoms. The number of benzene rings is 1. The molecule has 114 valence electrons. The monoisotopic (exact) mass is 295 g/mol. The van der Waals surface area contributed by atoms with E-state index in [4.69, 9.17) is 0 Å². The number of aromatic nitrogens is 2. The van der Waals surface area contributed by atoms with E-state index in [9.17, 15) is 5.11 Å². The first-order valence-electron chi connectivity index (χ1n) is 7.51. The lowest BCUT2D eigenvalue weighted by molar-refractivity contribution is 0.174. The van der Waals surface area contributed by atoms with Crippen LogP contribution in [-0.4, -0.2) is 21.0 Å². The average molecular weight is 295 g/mol. The summed E-state index contributed by atoms with van der Waals surface area (Å²) in [7, 11) is 0. The second-order valence-electron chi connectivity index (χ2n) is 5.75. The minimum absolute atomic E-state index is 0.499. The van der Waals surface area contributed by atoms with Gasteiger partial charge in [-0.15, -0.1) is 0 Å². The molecule has 0 aliphatic carbocycles. The number of rotatable bonds is 5. The molecule has 0 radical (unpaired) electrons. The van der Waals surface area contributed by atoms with E-state index in [0.29, 0.717) is 13.1 Å². The third kappa shape index (κ3) is 3.18. The van der Waals surface area contributed by atoms with Crippen molar-refractivity contribution in [2.24, 2.45) is 0 Å². The van der Waals surface area contributed by atoms with Crippen molar-refractivity contribution in [2.75, 3.05) is 6.54 Å². The van der Waals surface area contributed by atoms with Crippen LogP contribution in [0.4, 0.5) is 0 Å². The van der Waals surface area contributed by atoms with Crippen molar-refractivity contribution in [3.63, 3.8) is 0 Å². The predicted molar refractivity (Wildman–Crippen MR) is 87.8 cm³/mol. The molecule has 0 aliphatic rings. The maximum atomic E-state index is 10.2. The molecule has 3 rings (SSSR count). The molecular weight excluding hydrogens is 274 g/mol. The van der Waals surface area contributed by atoms with Gasteiger partial charge in [0.1, 0.15) is 5.65 Å². The van der Waals surface area contributed by atoms with Crippen LogP contribution in [0.1, 0.15) is 28.5 Å². The molecule has 0 spiro atoms. The lowest BCUT2D eigenvalue weighted by atomic mass is 10.1. The van der Waals surface area contributed by atoms with Crippen LogP contribution in [0.15, 0.2) is 48.8 Å². The predicted octanol–water partition coefficient (Wildman–Crippen LogP) is 2.77.